The summed E-state index contributed by atoms with van der Waals surface area (Å²) in [5, 5.41) is 24.3. The van der Waals surface area contributed by atoms with Crippen molar-refractivity contribution < 1.29 is 5.11 Å². The quantitative estimate of drug-likeness (QED) is 0.321. The number of aliphatic hydroxyl groups is 1. The third-order valence-corrected chi connectivity index (χ3v) is 5.45. The summed E-state index contributed by atoms with van der Waals surface area (Å²) in [6.07, 6.45) is 2.22. The van der Waals surface area contributed by atoms with Crippen molar-refractivity contribution in [2.45, 2.75) is 32.5 Å². The highest BCUT2D eigenvalue weighted by atomic mass is 16.3. The van der Waals surface area contributed by atoms with E-state index in [-0.39, 0.29) is 5.54 Å². The molecule has 32 heavy (non-hydrogen) atoms. The molecule has 5 aromatic rings. The Kier molecular flexibility index (Phi) is 4.41. The smallest absolute Gasteiger partial charge is 0.167 e. The van der Waals surface area contributed by atoms with E-state index < -0.39 is 6.23 Å². The molecular weight excluding hydrogens is 406 g/mol. The summed E-state index contributed by atoms with van der Waals surface area (Å²) in [6.45, 7) is 6.20. The number of nitrogens with two attached hydrogens (primary N) is 1. The van der Waals surface area contributed by atoms with Crippen LogP contribution in [0.15, 0.2) is 42.9 Å². The zero-order valence-corrected chi connectivity index (χ0v) is 18.3. The molecule has 0 aliphatic heterocycles. The average molecular weight is 432 g/mol. The number of aliphatic hydroxyl groups excluding tert-OH is 1. The van der Waals surface area contributed by atoms with Crippen molar-refractivity contribution in [2.75, 3.05) is 11.1 Å². The molecule has 10 heteroatoms. The summed E-state index contributed by atoms with van der Waals surface area (Å²) in [5.41, 5.74) is 9.77. The van der Waals surface area contributed by atoms with Gasteiger partial charge in [-0.05, 0) is 38.3 Å². The maximum atomic E-state index is 10.6. The lowest BCUT2D eigenvalue weighted by Gasteiger charge is -2.19. The zero-order valence-electron chi connectivity index (χ0n) is 18.3. The van der Waals surface area contributed by atoms with Gasteiger partial charge in [0.2, 0.25) is 0 Å². The van der Waals surface area contributed by atoms with Gasteiger partial charge >= 0.3 is 0 Å². The first kappa shape index (κ1) is 20.0. The Morgan fingerprint density at radius 3 is 2.69 bits per heavy atom. The van der Waals surface area contributed by atoms with E-state index in [4.69, 9.17) is 10.8 Å². The molecule has 0 saturated heterocycles. The molecule has 4 aromatic heterocycles. The molecule has 0 aliphatic rings. The van der Waals surface area contributed by atoms with Crippen LogP contribution in [0.3, 0.4) is 0 Å². The number of aromatic nitrogens is 7. The zero-order chi connectivity index (χ0) is 22.6. The number of hydrogen-bond donors (Lipinski definition) is 4. The van der Waals surface area contributed by atoms with Gasteiger partial charge in [0.15, 0.2) is 11.9 Å². The Morgan fingerprint density at radius 2 is 1.97 bits per heavy atom. The fourth-order valence-electron chi connectivity index (χ4n) is 3.82. The van der Waals surface area contributed by atoms with Crippen LogP contribution in [0.25, 0.3) is 33.2 Å². The van der Waals surface area contributed by atoms with Crippen LogP contribution in [0.1, 0.15) is 32.7 Å². The van der Waals surface area contributed by atoms with Gasteiger partial charge in [0.1, 0.15) is 23.7 Å². The van der Waals surface area contributed by atoms with E-state index in [1.165, 1.54) is 6.33 Å². The lowest BCUT2D eigenvalue weighted by molar-refractivity contribution is 0.203. The van der Waals surface area contributed by atoms with E-state index in [0.29, 0.717) is 23.0 Å². The van der Waals surface area contributed by atoms with Crippen LogP contribution < -0.4 is 11.1 Å². The number of anilines is 2. The number of H-pyrrole nitrogens is 1. The molecule has 5 rings (SSSR count). The van der Waals surface area contributed by atoms with Gasteiger partial charge < -0.3 is 21.1 Å². The average Bonchev–Trinajstić information content (AvgIpc) is 3.44. The fourth-order valence-corrected chi connectivity index (χ4v) is 3.82. The molecule has 0 radical (unpaired) electrons. The van der Waals surface area contributed by atoms with Crippen molar-refractivity contribution in [1.29, 1.82) is 0 Å². The van der Waals surface area contributed by atoms with Crippen molar-refractivity contribution in [3.63, 3.8) is 0 Å². The number of nitrogens with zero attached hydrogens (tertiary/aromatic N) is 6. The Labute approximate surface area is 184 Å². The molecule has 0 saturated carbocycles. The van der Waals surface area contributed by atoms with Crippen molar-refractivity contribution in [3.8, 4) is 11.3 Å². The van der Waals surface area contributed by atoms with Crippen LogP contribution in [0.5, 0.6) is 0 Å². The minimum atomic E-state index is -0.911. The highest BCUT2D eigenvalue weighted by Crippen LogP contribution is 2.34. The second kappa shape index (κ2) is 7.06. The molecule has 1 unspecified atom stereocenters. The maximum absolute atomic E-state index is 10.6. The highest BCUT2D eigenvalue weighted by molar-refractivity contribution is 6.00. The van der Waals surface area contributed by atoms with Gasteiger partial charge in [0, 0.05) is 24.2 Å². The second-order valence-corrected chi connectivity index (χ2v) is 8.80. The third-order valence-electron chi connectivity index (χ3n) is 5.45. The number of rotatable bonds is 4. The Morgan fingerprint density at radius 1 is 1.16 bits per heavy atom. The second-order valence-electron chi connectivity index (χ2n) is 8.80. The van der Waals surface area contributed by atoms with E-state index in [0.717, 1.165) is 27.5 Å². The summed E-state index contributed by atoms with van der Waals surface area (Å²) in [7, 11) is 1.81. The number of aryl methyl sites for hydroxylation is 1. The topological polar surface area (TPSA) is 135 Å². The summed E-state index contributed by atoms with van der Waals surface area (Å²) >= 11 is 0. The molecule has 4 heterocycles. The van der Waals surface area contributed by atoms with Crippen LogP contribution in [0, 0.1) is 0 Å². The Balaban J connectivity index is 1.58. The molecular formula is C22H25N9O. The number of nitrogen functional groups attached to an aromatic ring is 1. The molecule has 0 spiro atoms. The van der Waals surface area contributed by atoms with E-state index in [1.54, 1.807) is 16.9 Å². The first-order valence-corrected chi connectivity index (χ1v) is 10.3. The van der Waals surface area contributed by atoms with Gasteiger partial charge in [-0.2, -0.15) is 10.2 Å². The van der Waals surface area contributed by atoms with E-state index in [1.807, 2.05) is 36.0 Å². The van der Waals surface area contributed by atoms with Crippen LogP contribution in [-0.2, 0) is 12.6 Å². The van der Waals surface area contributed by atoms with Gasteiger partial charge in [-0.15, -0.1) is 0 Å². The SMILES string of the molecule is Cn1nccc1NC(O)c1cc2ccc(-c3nn(C(C)(C)C)c4ncnc(N)c34)cc2[nH]1. The summed E-state index contributed by atoms with van der Waals surface area (Å²) in [5.74, 6) is 1.11. The van der Waals surface area contributed by atoms with Gasteiger partial charge in [-0.25, -0.2) is 14.6 Å². The molecule has 10 nitrogen and oxygen atoms in total. The normalized spacial score (nSPS) is 13.2. The highest BCUT2D eigenvalue weighted by Gasteiger charge is 2.24. The van der Waals surface area contributed by atoms with E-state index in [9.17, 15) is 5.11 Å². The predicted molar refractivity (Wildman–Crippen MR) is 124 cm³/mol. The van der Waals surface area contributed by atoms with Crippen LogP contribution in [0.4, 0.5) is 11.6 Å². The summed E-state index contributed by atoms with van der Waals surface area (Å²) < 4.78 is 3.54. The van der Waals surface area contributed by atoms with Crippen LogP contribution >= 0.6 is 0 Å². The number of nitrogens with one attached hydrogen (secondary N) is 2. The summed E-state index contributed by atoms with van der Waals surface area (Å²) in [6, 6.07) is 9.69. The minimum absolute atomic E-state index is 0.275. The van der Waals surface area contributed by atoms with E-state index in [2.05, 4.69) is 46.1 Å². The van der Waals surface area contributed by atoms with Gasteiger partial charge in [0.05, 0.1) is 22.8 Å². The molecule has 0 bridgehead atoms. The van der Waals surface area contributed by atoms with Crippen molar-refractivity contribution in [2.24, 2.45) is 7.05 Å². The fraction of sp³-hybridized carbons (Fsp3) is 0.273. The van der Waals surface area contributed by atoms with Gasteiger partial charge in [0.25, 0.3) is 0 Å². The molecule has 5 N–H and O–H groups in total. The van der Waals surface area contributed by atoms with Crippen molar-refractivity contribution in [1.82, 2.24) is 34.5 Å². The number of fused-ring (bicyclic) bond motifs is 2. The lowest BCUT2D eigenvalue weighted by atomic mass is 10.1. The molecule has 1 aromatic carbocycles. The van der Waals surface area contributed by atoms with Crippen LogP contribution in [-0.4, -0.2) is 39.6 Å². The largest absolute Gasteiger partial charge is 0.383 e. The third kappa shape index (κ3) is 3.25. The van der Waals surface area contributed by atoms with Crippen molar-refractivity contribution >= 4 is 33.6 Å². The standard InChI is InChI=1S/C22H25N9O/c1-22(2,3)31-20-17(19(23)24-11-25-20)18(29-31)13-6-5-12-9-15(27-14(12)10-13)21(32)28-16-7-8-26-30(16)4/h5-11,21,27-28,32H,1-4H3,(H2,23,24,25). The van der Waals surface area contributed by atoms with Gasteiger partial charge in [-0.3, -0.25) is 4.68 Å². The molecule has 164 valence electrons. The molecule has 0 fully saturated rings. The van der Waals surface area contributed by atoms with Gasteiger partial charge in [-0.1, -0.05) is 12.1 Å². The number of benzene rings is 1. The van der Waals surface area contributed by atoms with Crippen LogP contribution in [0.2, 0.25) is 0 Å². The maximum Gasteiger partial charge on any atom is 0.167 e. The first-order valence-electron chi connectivity index (χ1n) is 10.3. The van der Waals surface area contributed by atoms with Crippen molar-refractivity contribution in [3.05, 3.63) is 48.5 Å². The lowest BCUT2D eigenvalue weighted by Crippen LogP contribution is -2.23. The first-order chi connectivity index (χ1) is 15.2. The summed E-state index contributed by atoms with van der Waals surface area (Å²) in [4.78, 5) is 11.9. The minimum Gasteiger partial charge on any atom is -0.383 e. The Hall–Kier alpha value is -3.92. The monoisotopic (exact) mass is 431 g/mol. The molecule has 0 amide bonds. The van der Waals surface area contributed by atoms with E-state index >= 15 is 0 Å². The molecule has 0 aliphatic carbocycles. The predicted octanol–water partition coefficient (Wildman–Crippen LogP) is 3.15. The number of aromatic amines is 1. The number of hydrogen-bond acceptors (Lipinski definition) is 7. The molecule has 1 atom stereocenters. The Bertz CT molecular complexity index is 1440.